The van der Waals surface area contributed by atoms with Gasteiger partial charge in [-0.1, -0.05) is 24.3 Å². The predicted octanol–water partition coefficient (Wildman–Crippen LogP) is 4.38. The quantitative estimate of drug-likeness (QED) is 0.728. The molecule has 0 heterocycles. The van der Waals surface area contributed by atoms with E-state index >= 15 is 0 Å². The van der Waals surface area contributed by atoms with E-state index in [0.29, 0.717) is 10.8 Å². The second kappa shape index (κ2) is 4.61. The topological polar surface area (TPSA) is 9.23 Å². The van der Waals surface area contributed by atoms with Gasteiger partial charge in [0.05, 0.1) is 0 Å². The van der Waals surface area contributed by atoms with Gasteiger partial charge in [0, 0.05) is 5.56 Å². The van der Waals surface area contributed by atoms with Crippen LogP contribution in [0.5, 0.6) is 5.75 Å². The van der Waals surface area contributed by atoms with Crippen LogP contribution < -0.4 is 4.74 Å². The van der Waals surface area contributed by atoms with Gasteiger partial charge in [-0.15, -0.1) is 0 Å². The van der Waals surface area contributed by atoms with Crippen molar-refractivity contribution in [1.82, 2.24) is 0 Å². The van der Waals surface area contributed by atoms with E-state index in [2.05, 4.69) is 4.74 Å². The van der Waals surface area contributed by atoms with Crippen molar-refractivity contribution in [2.24, 2.45) is 0 Å². The highest BCUT2D eigenvalue weighted by Gasteiger charge is 2.15. The van der Waals surface area contributed by atoms with Crippen LogP contribution in [0.25, 0.3) is 10.8 Å². The van der Waals surface area contributed by atoms with Crippen molar-refractivity contribution in [3.05, 3.63) is 42.0 Å². The third kappa shape index (κ3) is 2.49. The first-order chi connectivity index (χ1) is 8.08. The Bertz CT molecular complexity index is 525. The maximum absolute atomic E-state index is 12.8. The molecule has 2 aromatic carbocycles. The number of ether oxygens (including phenoxy) is 1. The first-order valence-electron chi connectivity index (χ1n) is 4.83. The third-order valence-electron chi connectivity index (χ3n) is 2.33. The molecule has 0 atom stereocenters. The molecule has 0 N–H and O–H groups in total. The van der Waals surface area contributed by atoms with Crippen molar-refractivity contribution in [2.75, 3.05) is 0 Å². The van der Waals surface area contributed by atoms with Gasteiger partial charge in [0.2, 0.25) is 0 Å². The summed E-state index contributed by atoms with van der Waals surface area (Å²) in [6, 6.07) is 8.60. The lowest BCUT2D eigenvalue weighted by molar-refractivity contribution is -0.0499. The first kappa shape index (κ1) is 11.7. The van der Waals surface area contributed by atoms with Crippen molar-refractivity contribution in [1.29, 1.82) is 0 Å². The van der Waals surface area contributed by atoms with Crippen molar-refractivity contribution in [3.63, 3.8) is 0 Å². The average molecular weight is 244 g/mol. The minimum atomic E-state index is -3.03. The Labute approximate surface area is 94.6 Å². The minimum absolute atomic E-state index is 0.256. The molecule has 0 spiro atoms. The Morgan fingerprint density at radius 1 is 0.941 bits per heavy atom. The van der Waals surface area contributed by atoms with Gasteiger partial charge in [-0.05, 0) is 22.9 Å². The summed E-state index contributed by atoms with van der Waals surface area (Å²) in [5.41, 5.74) is -0.307. The number of hydrogen-bond acceptors (Lipinski definition) is 1. The highest BCUT2D eigenvalue weighted by molar-refractivity contribution is 5.87. The van der Waals surface area contributed by atoms with Crippen LogP contribution in [0.3, 0.4) is 0 Å². The molecule has 0 aromatic heterocycles. The van der Waals surface area contributed by atoms with Gasteiger partial charge in [-0.3, -0.25) is 0 Å². The zero-order chi connectivity index (χ0) is 12.4. The summed E-state index contributed by atoms with van der Waals surface area (Å²) in [6.45, 7) is -3.03. The molecule has 0 aliphatic heterocycles. The zero-order valence-electron chi connectivity index (χ0n) is 8.54. The Morgan fingerprint density at radius 2 is 1.65 bits per heavy atom. The van der Waals surface area contributed by atoms with Crippen LogP contribution >= 0.6 is 0 Å². The zero-order valence-corrected chi connectivity index (χ0v) is 8.54. The SMILES string of the molecule is FC(F)Oc1cc(C(F)F)c2ccccc2c1. The molecule has 0 radical (unpaired) electrons. The monoisotopic (exact) mass is 244 g/mol. The Hall–Kier alpha value is -1.78. The summed E-state index contributed by atoms with van der Waals surface area (Å²) in [4.78, 5) is 0. The predicted molar refractivity (Wildman–Crippen MR) is 55.5 cm³/mol. The number of halogens is 4. The molecule has 2 aromatic rings. The Kier molecular flexibility index (Phi) is 3.17. The van der Waals surface area contributed by atoms with E-state index in [9.17, 15) is 17.6 Å². The van der Waals surface area contributed by atoms with Gasteiger partial charge >= 0.3 is 6.61 Å². The standard InChI is InChI=1S/C12H8F4O/c13-11(14)10-6-8(17-12(15)16)5-7-3-1-2-4-9(7)10/h1-6,11-12H. The van der Waals surface area contributed by atoms with Crippen LogP contribution in [0.2, 0.25) is 0 Å². The molecule has 0 amide bonds. The molecule has 0 aliphatic carbocycles. The summed E-state index contributed by atoms with van der Waals surface area (Å²) >= 11 is 0. The van der Waals surface area contributed by atoms with E-state index < -0.39 is 13.0 Å². The fourth-order valence-corrected chi connectivity index (χ4v) is 1.66. The number of fused-ring (bicyclic) bond motifs is 1. The lowest BCUT2D eigenvalue weighted by atomic mass is 10.0. The molecule has 0 unspecified atom stereocenters. The van der Waals surface area contributed by atoms with E-state index in [1.54, 1.807) is 18.2 Å². The van der Waals surface area contributed by atoms with Crippen molar-refractivity contribution >= 4 is 10.8 Å². The third-order valence-corrected chi connectivity index (χ3v) is 2.33. The average Bonchev–Trinajstić information content (AvgIpc) is 2.27. The summed E-state index contributed by atoms with van der Waals surface area (Å²) in [5.74, 6) is -0.256. The molecular weight excluding hydrogens is 236 g/mol. The van der Waals surface area contributed by atoms with Crippen molar-refractivity contribution in [2.45, 2.75) is 13.0 Å². The number of rotatable bonds is 3. The number of hydrogen-bond donors (Lipinski definition) is 0. The van der Waals surface area contributed by atoms with Gasteiger partial charge < -0.3 is 4.74 Å². The second-order valence-electron chi connectivity index (χ2n) is 3.41. The van der Waals surface area contributed by atoms with Crippen LogP contribution in [0.4, 0.5) is 17.6 Å². The Balaban J connectivity index is 2.58. The summed E-state index contributed by atoms with van der Waals surface area (Å²) in [7, 11) is 0. The van der Waals surface area contributed by atoms with Gasteiger partial charge in [-0.25, -0.2) is 8.78 Å². The minimum Gasteiger partial charge on any atom is -0.435 e. The normalized spacial score (nSPS) is 11.4. The fourth-order valence-electron chi connectivity index (χ4n) is 1.66. The molecule has 5 heteroatoms. The molecule has 90 valence electrons. The van der Waals surface area contributed by atoms with Gasteiger partial charge in [0.1, 0.15) is 5.75 Å². The number of alkyl halides is 4. The molecule has 0 aliphatic rings. The molecule has 0 bridgehead atoms. The van der Waals surface area contributed by atoms with Crippen LogP contribution in [0, 0.1) is 0 Å². The maximum atomic E-state index is 12.8. The van der Waals surface area contributed by atoms with E-state index in [0.717, 1.165) is 6.07 Å². The molecule has 0 saturated heterocycles. The molecule has 1 nitrogen and oxygen atoms in total. The van der Waals surface area contributed by atoms with Crippen LogP contribution in [-0.4, -0.2) is 6.61 Å². The number of benzene rings is 2. The fraction of sp³-hybridized carbons (Fsp3) is 0.167. The second-order valence-corrected chi connectivity index (χ2v) is 3.41. The van der Waals surface area contributed by atoms with Crippen molar-refractivity contribution in [3.8, 4) is 5.75 Å². The van der Waals surface area contributed by atoms with Crippen molar-refractivity contribution < 1.29 is 22.3 Å². The molecular formula is C12H8F4O. The highest BCUT2D eigenvalue weighted by Crippen LogP contribution is 2.32. The van der Waals surface area contributed by atoms with E-state index in [-0.39, 0.29) is 11.3 Å². The molecule has 0 saturated carbocycles. The lowest BCUT2D eigenvalue weighted by Gasteiger charge is -2.10. The van der Waals surface area contributed by atoms with Gasteiger partial charge in [0.25, 0.3) is 6.43 Å². The summed E-state index contributed by atoms with van der Waals surface area (Å²) in [5, 5.41) is 0.782. The summed E-state index contributed by atoms with van der Waals surface area (Å²) in [6.07, 6.45) is -2.74. The van der Waals surface area contributed by atoms with E-state index in [1.807, 2.05) is 0 Å². The van der Waals surface area contributed by atoms with Crippen LogP contribution in [-0.2, 0) is 0 Å². The molecule has 17 heavy (non-hydrogen) atoms. The van der Waals surface area contributed by atoms with E-state index in [4.69, 9.17) is 0 Å². The lowest BCUT2D eigenvalue weighted by Crippen LogP contribution is -2.02. The van der Waals surface area contributed by atoms with Gasteiger partial charge in [-0.2, -0.15) is 8.78 Å². The van der Waals surface area contributed by atoms with Gasteiger partial charge in [0.15, 0.2) is 0 Å². The smallest absolute Gasteiger partial charge is 0.387 e. The highest BCUT2D eigenvalue weighted by atomic mass is 19.3. The van der Waals surface area contributed by atoms with E-state index in [1.165, 1.54) is 12.1 Å². The maximum Gasteiger partial charge on any atom is 0.387 e. The first-order valence-corrected chi connectivity index (χ1v) is 4.83. The Morgan fingerprint density at radius 3 is 2.29 bits per heavy atom. The van der Waals surface area contributed by atoms with Crippen LogP contribution in [0.1, 0.15) is 12.0 Å². The molecule has 2 rings (SSSR count). The summed E-state index contributed by atoms with van der Waals surface area (Å²) < 4.78 is 53.8. The van der Waals surface area contributed by atoms with Crippen LogP contribution in [0.15, 0.2) is 36.4 Å². The largest absolute Gasteiger partial charge is 0.435 e. The molecule has 0 fully saturated rings.